The third kappa shape index (κ3) is 2.25. The normalized spacial score (nSPS) is 11.0. The lowest BCUT2D eigenvalue weighted by Gasteiger charge is -2.04. The van der Waals surface area contributed by atoms with E-state index in [1.54, 1.807) is 12.1 Å². The molecule has 0 unspecified atom stereocenters. The van der Waals surface area contributed by atoms with Crippen molar-refractivity contribution in [1.29, 1.82) is 0 Å². The second-order valence-corrected chi connectivity index (χ2v) is 5.34. The minimum Gasteiger partial charge on any atom is -0.452 e. The van der Waals surface area contributed by atoms with Crippen LogP contribution in [0.25, 0.3) is 11.0 Å². The van der Waals surface area contributed by atoms with Crippen molar-refractivity contribution in [2.24, 2.45) is 0 Å². The van der Waals surface area contributed by atoms with Crippen LogP contribution in [0.4, 0.5) is 4.39 Å². The molecule has 0 radical (unpaired) electrons. The summed E-state index contributed by atoms with van der Waals surface area (Å²) in [6.07, 6.45) is 0. The Kier molecular flexibility index (Phi) is 3.13. The van der Waals surface area contributed by atoms with E-state index >= 15 is 0 Å². The van der Waals surface area contributed by atoms with Crippen LogP contribution in [0.1, 0.15) is 32.8 Å². The number of halogens is 1. The first-order chi connectivity index (χ1) is 9.97. The predicted octanol–water partition coefficient (Wildman–Crippen LogP) is 4.73. The van der Waals surface area contributed by atoms with Gasteiger partial charge in [0.15, 0.2) is 5.76 Å². The number of hydrogen-bond acceptors (Lipinski definition) is 2. The van der Waals surface area contributed by atoms with Crippen molar-refractivity contribution in [2.75, 3.05) is 0 Å². The highest BCUT2D eigenvalue weighted by molar-refractivity contribution is 6.11. The molecule has 0 aliphatic rings. The lowest BCUT2D eigenvalue weighted by Crippen LogP contribution is -2.04. The van der Waals surface area contributed by atoms with E-state index in [0.717, 1.165) is 22.1 Å². The second-order valence-electron chi connectivity index (χ2n) is 5.34. The van der Waals surface area contributed by atoms with Crippen molar-refractivity contribution in [2.45, 2.75) is 20.8 Å². The van der Waals surface area contributed by atoms with Crippen molar-refractivity contribution in [3.63, 3.8) is 0 Å². The van der Waals surface area contributed by atoms with Gasteiger partial charge in [-0.25, -0.2) is 4.39 Å². The maximum atomic E-state index is 13.3. The van der Waals surface area contributed by atoms with Crippen LogP contribution >= 0.6 is 0 Å². The Bertz CT molecular complexity index is 859. The smallest absolute Gasteiger partial charge is 0.228 e. The summed E-state index contributed by atoms with van der Waals surface area (Å²) in [4.78, 5) is 12.7. The first-order valence-electron chi connectivity index (χ1n) is 6.78. The first kappa shape index (κ1) is 13.6. The molecule has 1 aromatic heterocycles. The predicted molar refractivity (Wildman–Crippen MR) is 80.3 cm³/mol. The van der Waals surface area contributed by atoms with E-state index in [1.165, 1.54) is 12.1 Å². The molecule has 1 heterocycles. The quantitative estimate of drug-likeness (QED) is 0.636. The molecular formula is C18H15FO2. The van der Waals surface area contributed by atoms with Gasteiger partial charge in [-0.05, 0) is 38.5 Å². The summed E-state index contributed by atoms with van der Waals surface area (Å²) in [5.74, 6) is -0.258. The largest absolute Gasteiger partial charge is 0.452 e. The van der Waals surface area contributed by atoms with Crippen molar-refractivity contribution in [3.05, 3.63) is 70.2 Å². The molecule has 21 heavy (non-hydrogen) atoms. The van der Waals surface area contributed by atoms with Crippen molar-refractivity contribution in [3.8, 4) is 0 Å². The van der Waals surface area contributed by atoms with E-state index in [1.807, 2.05) is 32.9 Å². The topological polar surface area (TPSA) is 30.2 Å². The van der Waals surface area contributed by atoms with Gasteiger partial charge < -0.3 is 4.42 Å². The summed E-state index contributed by atoms with van der Waals surface area (Å²) in [7, 11) is 0. The summed E-state index contributed by atoms with van der Waals surface area (Å²) in [5.41, 5.74) is 3.78. The molecule has 0 aliphatic heterocycles. The molecule has 0 bridgehead atoms. The van der Waals surface area contributed by atoms with Gasteiger partial charge in [-0.1, -0.05) is 23.8 Å². The van der Waals surface area contributed by atoms with Crippen LogP contribution in [0.3, 0.4) is 0 Å². The second kappa shape index (κ2) is 4.85. The third-order valence-electron chi connectivity index (χ3n) is 3.73. The van der Waals surface area contributed by atoms with Gasteiger partial charge in [-0.15, -0.1) is 0 Å². The van der Waals surface area contributed by atoms with Gasteiger partial charge in [0.2, 0.25) is 5.78 Å². The summed E-state index contributed by atoms with van der Waals surface area (Å²) in [6.45, 7) is 5.70. The molecule has 3 rings (SSSR count). The SMILES string of the molecule is Cc1ccc(C(=O)c2oc3cc(F)ccc3c2C)c(C)c1. The van der Waals surface area contributed by atoms with Gasteiger partial charge in [0.1, 0.15) is 11.4 Å². The van der Waals surface area contributed by atoms with E-state index in [-0.39, 0.29) is 17.4 Å². The molecule has 2 nitrogen and oxygen atoms in total. The minimum absolute atomic E-state index is 0.165. The fraction of sp³-hybridized carbons (Fsp3) is 0.167. The average molecular weight is 282 g/mol. The van der Waals surface area contributed by atoms with Crippen molar-refractivity contribution >= 4 is 16.8 Å². The number of carbonyl (C=O) groups is 1. The van der Waals surface area contributed by atoms with E-state index in [9.17, 15) is 9.18 Å². The average Bonchev–Trinajstić information content (AvgIpc) is 2.75. The highest BCUT2D eigenvalue weighted by atomic mass is 19.1. The maximum Gasteiger partial charge on any atom is 0.228 e. The fourth-order valence-electron chi connectivity index (χ4n) is 2.61. The number of ketones is 1. The standard InChI is InChI=1S/C18H15FO2/c1-10-4-6-14(11(2)8-10)17(20)18-12(3)15-7-5-13(19)9-16(15)21-18/h4-9H,1-3H3. The number of carbonyl (C=O) groups excluding carboxylic acids is 1. The molecule has 0 atom stereocenters. The Morgan fingerprint density at radius 3 is 2.52 bits per heavy atom. The van der Waals surface area contributed by atoms with E-state index in [2.05, 4.69) is 0 Å². The Morgan fingerprint density at radius 2 is 1.81 bits per heavy atom. The molecule has 3 heteroatoms. The molecule has 0 amide bonds. The molecule has 106 valence electrons. The summed E-state index contributed by atoms with van der Waals surface area (Å²) in [5, 5.41) is 0.768. The molecule has 2 aromatic carbocycles. The number of furan rings is 1. The van der Waals surface area contributed by atoms with Crippen LogP contribution in [-0.4, -0.2) is 5.78 Å². The highest BCUT2D eigenvalue weighted by Gasteiger charge is 2.20. The zero-order valence-corrected chi connectivity index (χ0v) is 12.2. The van der Waals surface area contributed by atoms with Gasteiger partial charge in [0, 0.05) is 22.6 Å². The van der Waals surface area contributed by atoms with Crippen molar-refractivity contribution < 1.29 is 13.6 Å². The molecule has 3 aromatic rings. The summed E-state index contributed by atoms with van der Waals surface area (Å²) in [6, 6.07) is 9.99. The summed E-state index contributed by atoms with van der Waals surface area (Å²) < 4.78 is 18.9. The number of rotatable bonds is 2. The Labute approximate surface area is 122 Å². The van der Waals surface area contributed by atoms with E-state index in [0.29, 0.717) is 11.1 Å². The van der Waals surface area contributed by atoms with E-state index < -0.39 is 0 Å². The van der Waals surface area contributed by atoms with Crippen LogP contribution in [0.2, 0.25) is 0 Å². The van der Waals surface area contributed by atoms with Crippen LogP contribution in [-0.2, 0) is 0 Å². The Balaban J connectivity index is 2.15. The van der Waals surface area contributed by atoms with Gasteiger partial charge in [-0.2, -0.15) is 0 Å². The number of benzene rings is 2. The molecule has 0 spiro atoms. The highest BCUT2D eigenvalue weighted by Crippen LogP contribution is 2.28. The van der Waals surface area contributed by atoms with Gasteiger partial charge in [0.25, 0.3) is 0 Å². The molecule has 0 saturated heterocycles. The third-order valence-corrected chi connectivity index (χ3v) is 3.73. The van der Waals surface area contributed by atoms with E-state index in [4.69, 9.17) is 4.42 Å². The zero-order valence-electron chi connectivity index (χ0n) is 12.2. The fourth-order valence-corrected chi connectivity index (χ4v) is 2.61. The monoisotopic (exact) mass is 282 g/mol. The lowest BCUT2D eigenvalue weighted by molar-refractivity contribution is 0.101. The molecule has 0 N–H and O–H groups in total. The molecule has 0 aliphatic carbocycles. The lowest BCUT2D eigenvalue weighted by atomic mass is 9.99. The molecular weight excluding hydrogens is 267 g/mol. The van der Waals surface area contributed by atoms with Gasteiger partial charge in [0.05, 0.1) is 0 Å². The molecule has 0 saturated carbocycles. The van der Waals surface area contributed by atoms with Crippen LogP contribution in [0.5, 0.6) is 0 Å². The maximum absolute atomic E-state index is 13.3. The van der Waals surface area contributed by atoms with Crippen LogP contribution < -0.4 is 0 Å². The molecule has 0 fully saturated rings. The number of fused-ring (bicyclic) bond motifs is 1. The van der Waals surface area contributed by atoms with Crippen molar-refractivity contribution in [1.82, 2.24) is 0 Å². The zero-order chi connectivity index (χ0) is 15.1. The van der Waals surface area contributed by atoms with Gasteiger partial charge in [-0.3, -0.25) is 4.79 Å². The summed E-state index contributed by atoms with van der Waals surface area (Å²) >= 11 is 0. The minimum atomic E-state index is -0.373. The Hall–Kier alpha value is -2.42. The van der Waals surface area contributed by atoms with Crippen LogP contribution in [0, 0.1) is 26.6 Å². The number of aryl methyl sites for hydroxylation is 3. The number of hydrogen-bond donors (Lipinski definition) is 0. The Morgan fingerprint density at radius 1 is 1.05 bits per heavy atom. The van der Waals surface area contributed by atoms with Gasteiger partial charge >= 0.3 is 0 Å². The van der Waals surface area contributed by atoms with Crippen LogP contribution in [0.15, 0.2) is 40.8 Å². The first-order valence-corrected chi connectivity index (χ1v) is 6.78.